The van der Waals surface area contributed by atoms with Gasteiger partial charge < -0.3 is 19.4 Å². The van der Waals surface area contributed by atoms with E-state index in [0.29, 0.717) is 0 Å². The van der Waals surface area contributed by atoms with Gasteiger partial charge >= 0.3 is 16.5 Å². The second kappa shape index (κ2) is 23.9. The summed E-state index contributed by atoms with van der Waals surface area (Å²) < 4.78 is 1.32. The van der Waals surface area contributed by atoms with E-state index in [9.17, 15) is 5.53 Å². The Balaban J connectivity index is 0.00000189. The van der Waals surface area contributed by atoms with Crippen molar-refractivity contribution in [1.82, 2.24) is 0 Å². The summed E-state index contributed by atoms with van der Waals surface area (Å²) in [5.74, 6) is 0. The van der Waals surface area contributed by atoms with Crippen molar-refractivity contribution in [2.24, 2.45) is 0 Å². The van der Waals surface area contributed by atoms with Crippen molar-refractivity contribution in [2.75, 3.05) is 0 Å². The molecule has 0 aliphatic carbocycles. The van der Waals surface area contributed by atoms with Crippen molar-refractivity contribution in [3.05, 3.63) is 102 Å². The van der Waals surface area contributed by atoms with Crippen LogP contribution in [0.15, 0.2) is 60.7 Å². The molecule has 0 bridgehead atoms. The van der Waals surface area contributed by atoms with Crippen molar-refractivity contribution in [2.45, 2.75) is 118 Å². The molecule has 1 heterocycles. The summed E-state index contributed by atoms with van der Waals surface area (Å²) >= 11 is 0. The van der Waals surface area contributed by atoms with E-state index in [-0.39, 0.29) is 16.5 Å². The normalized spacial score (nSPS) is 11.9. The Hall–Kier alpha value is -1.99. The summed E-state index contributed by atoms with van der Waals surface area (Å²) in [6, 6.07) is 17.1. The zero-order valence-electron chi connectivity index (χ0n) is 25.3. The molecule has 2 nitrogen and oxygen atoms in total. The summed E-state index contributed by atoms with van der Waals surface area (Å²) in [7, 11) is 0. The van der Waals surface area contributed by atoms with Crippen molar-refractivity contribution >= 4 is 11.4 Å². The largest absolute Gasteiger partial charge is 2.00 e. The molecule has 0 unspecified atom stereocenters. The molecule has 0 amide bonds. The average Bonchev–Trinajstić information content (AvgIpc) is 3.32. The van der Waals surface area contributed by atoms with Gasteiger partial charge in [-0.05, 0) is 54.7 Å². The van der Waals surface area contributed by atoms with Gasteiger partial charge in [0.2, 0.25) is 11.4 Å². The van der Waals surface area contributed by atoms with Crippen LogP contribution in [0, 0.1) is 13.8 Å². The Morgan fingerprint density at radius 1 is 0.564 bits per heavy atom. The number of nitrogens with zero attached hydrogens (tertiary/aromatic N) is 2. The number of hydrogen-bond donors (Lipinski definition) is 0. The smallest absolute Gasteiger partial charge is 0.493 e. The number of aryl methyl sites for hydroxylation is 2. The van der Waals surface area contributed by atoms with Gasteiger partial charge in [-0.2, -0.15) is 12.8 Å². The van der Waals surface area contributed by atoms with E-state index in [1.165, 1.54) is 80.0 Å². The molecular formula is C36H54N2Ni. The van der Waals surface area contributed by atoms with Gasteiger partial charge in [0.05, 0.1) is 0 Å². The molecule has 0 saturated carbocycles. The molecule has 0 radical (unpaired) electrons. The number of unbranched alkanes of at least 4 members (excludes halogenated alkanes) is 9. The van der Waals surface area contributed by atoms with E-state index in [4.69, 9.17) is 0 Å². The van der Waals surface area contributed by atoms with E-state index >= 15 is 0 Å². The van der Waals surface area contributed by atoms with Crippen LogP contribution in [0.25, 0.3) is 16.9 Å². The fraction of sp³-hybridized carbons (Fsp3) is 0.500. The topological polar surface area (TPSA) is 25.3 Å². The van der Waals surface area contributed by atoms with Crippen LogP contribution < -0.4 is 0 Å². The molecule has 3 rings (SSSR count). The Kier molecular flexibility index (Phi) is 22.6. The molecule has 218 valence electrons. The van der Waals surface area contributed by atoms with Crippen LogP contribution in [0.1, 0.15) is 127 Å². The first kappa shape index (κ1) is 37.0. The SMILES string of the molecule is CCCCCCCCCCCCc1ccc(C2=CC=C(c3ccc(CC)cc3)[N+]2=[N-])cc1.[CH2-]CC.[CH2-]CC.[Ni+2]. The fourth-order valence-corrected chi connectivity index (χ4v) is 4.44. The maximum Gasteiger partial charge on any atom is 2.00 e. The maximum atomic E-state index is 10.8. The fourth-order valence-electron chi connectivity index (χ4n) is 4.44. The minimum atomic E-state index is 0. The number of hydrogen-bond acceptors (Lipinski definition) is 0. The first-order chi connectivity index (χ1) is 18.6. The third-order valence-electron chi connectivity index (χ3n) is 6.58. The molecule has 0 atom stereocenters. The van der Waals surface area contributed by atoms with E-state index in [2.05, 4.69) is 76.2 Å². The van der Waals surface area contributed by atoms with Crippen molar-refractivity contribution in [3.63, 3.8) is 0 Å². The molecule has 0 spiro atoms. The second-order valence-electron chi connectivity index (χ2n) is 10.1. The van der Waals surface area contributed by atoms with Crippen LogP contribution in [0.3, 0.4) is 0 Å². The first-order valence-corrected chi connectivity index (χ1v) is 15.2. The van der Waals surface area contributed by atoms with Gasteiger partial charge in [-0.3, -0.25) is 0 Å². The summed E-state index contributed by atoms with van der Waals surface area (Å²) in [5, 5.41) is 0. The average molecular weight is 574 g/mol. The maximum absolute atomic E-state index is 10.8. The molecule has 1 aliphatic heterocycles. The summed E-state index contributed by atoms with van der Waals surface area (Å²) in [6.07, 6.45) is 21.9. The molecule has 0 N–H and O–H groups in total. The van der Waals surface area contributed by atoms with E-state index in [1.807, 2.05) is 26.0 Å². The number of benzene rings is 2. The minimum Gasteiger partial charge on any atom is -0.493 e. The van der Waals surface area contributed by atoms with Gasteiger partial charge in [-0.15, -0.1) is 0 Å². The molecule has 0 saturated heterocycles. The van der Waals surface area contributed by atoms with Gasteiger partial charge in [0.15, 0.2) is 0 Å². The summed E-state index contributed by atoms with van der Waals surface area (Å²) in [4.78, 5) is 0. The van der Waals surface area contributed by atoms with Gasteiger partial charge in [-0.1, -0.05) is 110 Å². The van der Waals surface area contributed by atoms with E-state index in [1.54, 1.807) is 0 Å². The van der Waals surface area contributed by atoms with Crippen LogP contribution in [0.2, 0.25) is 0 Å². The molecule has 2 aromatic carbocycles. The predicted molar refractivity (Wildman–Crippen MR) is 169 cm³/mol. The van der Waals surface area contributed by atoms with Crippen molar-refractivity contribution < 1.29 is 21.2 Å². The molecule has 3 heteroatoms. The Bertz CT molecular complexity index is 937. The summed E-state index contributed by atoms with van der Waals surface area (Å²) in [5.41, 5.74) is 17.2. The summed E-state index contributed by atoms with van der Waals surface area (Å²) in [6.45, 7) is 15.4. The third-order valence-corrected chi connectivity index (χ3v) is 6.58. The van der Waals surface area contributed by atoms with Crippen molar-refractivity contribution in [3.8, 4) is 0 Å². The quantitative estimate of drug-likeness (QED) is 0.0930. The molecule has 39 heavy (non-hydrogen) atoms. The Labute approximate surface area is 251 Å². The molecule has 2 aromatic rings. The second-order valence-corrected chi connectivity index (χ2v) is 10.1. The molecule has 1 aliphatic rings. The van der Waals surface area contributed by atoms with Crippen LogP contribution in [0.4, 0.5) is 0 Å². The van der Waals surface area contributed by atoms with Gasteiger partial charge in [0.1, 0.15) is 0 Å². The molecule has 0 fully saturated rings. The number of rotatable bonds is 14. The van der Waals surface area contributed by atoms with Gasteiger partial charge in [0.25, 0.3) is 0 Å². The van der Waals surface area contributed by atoms with Crippen molar-refractivity contribution in [1.29, 1.82) is 0 Å². The van der Waals surface area contributed by atoms with Crippen LogP contribution >= 0.6 is 0 Å². The first-order valence-electron chi connectivity index (χ1n) is 15.2. The molecule has 0 aromatic heterocycles. The molecular weight excluding hydrogens is 519 g/mol. The van der Waals surface area contributed by atoms with Crippen LogP contribution in [-0.4, -0.2) is 4.70 Å². The Morgan fingerprint density at radius 3 is 1.31 bits per heavy atom. The minimum absolute atomic E-state index is 0. The van der Waals surface area contributed by atoms with Gasteiger partial charge in [-0.25, -0.2) is 4.70 Å². The zero-order chi connectivity index (χ0) is 28.0. The standard InChI is InChI=1S/C30H40N2.2C3H7.Ni/c1-3-5-6-7-8-9-10-11-12-13-14-26-17-21-28(22-18-26)30-24-23-29(32(30)31)27-19-15-25(4-2)16-20-27;2*1-3-2;/h15-24H,3-14H2,1-2H3;2*1,3H2,2H3;/q;2*-1;+2. The predicted octanol–water partition coefficient (Wildman–Crippen LogP) is 11.6. The number of allylic oxidation sites excluding steroid dienone is 2. The van der Waals surface area contributed by atoms with Crippen LogP contribution in [0.5, 0.6) is 0 Å². The van der Waals surface area contributed by atoms with E-state index < -0.39 is 0 Å². The monoisotopic (exact) mass is 572 g/mol. The zero-order valence-corrected chi connectivity index (χ0v) is 26.3. The Morgan fingerprint density at radius 2 is 0.923 bits per heavy atom. The van der Waals surface area contributed by atoms with Crippen LogP contribution in [-0.2, 0) is 29.3 Å². The third kappa shape index (κ3) is 14.8. The van der Waals surface area contributed by atoms with Gasteiger partial charge in [0, 0.05) is 23.3 Å². The van der Waals surface area contributed by atoms with E-state index in [0.717, 1.165) is 48.2 Å².